The van der Waals surface area contributed by atoms with Gasteiger partial charge in [0.2, 0.25) is 0 Å². The number of aromatic nitrogens is 1. The number of carbonyl (C=O) groups is 1. The Labute approximate surface area is 200 Å². The van der Waals surface area contributed by atoms with Gasteiger partial charge in [-0.2, -0.15) is 5.10 Å². The summed E-state index contributed by atoms with van der Waals surface area (Å²) in [5.74, 6) is -0.253. The van der Waals surface area contributed by atoms with Crippen molar-refractivity contribution in [3.63, 3.8) is 0 Å². The van der Waals surface area contributed by atoms with Crippen molar-refractivity contribution in [1.82, 2.24) is 9.99 Å². The van der Waals surface area contributed by atoms with Crippen molar-refractivity contribution in [2.75, 3.05) is 6.61 Å². The SMILES string of the molecule is O=C(COc1c(Cl)cc(Cl)cc1Cl)NN=Cc1cn(Cc2ccccc2)c2ccccc12. The molecule has 0 saturated heterocycles. The van der Waals surface area contributed by atoms with E-state index in [2.05, 4.69) is 33.3 Å². The summed E-state index contributed by atoms with van der Waals surface area (Å²) in [5.41, 5.74) is 5.63. The van der Waals surface area contributed by atoms with Crippen LogP contribution in [-0.4, -0.2) is 23.3 Å². The molecule has 0 radical (unpaired) electrons. The lowest BCUT2D eigenvalue weighted by atomic mass is 10.2. The number of halogens is 3. The number of nitrogens with zero attached hydrogens (tertiary/aromatic N) is 2. The number of carbonyl (C=O) groups excluding carboxylic acids is 1. The van der Waals surface area contributed by atoms with Gasteiger partial charge in [-0.05, 0) is 23.8 Å². The van der Waals surface area contributed by atoms with E-state index in [1.165, 1.54) is 17.7 Å². The zero-order valence-electron chi connectivity index (χ0n) is 16.8. The molecule has 0 unspecified atom stereocenters. The van der Waals surface area contributed by atoms with Crippen molar-refractivity contribution < 1.29 is 9.53 Å². The number of hydrogen-bond donors (Lipinski definition) is 1. The molecule has 1 amide bonds. The third-order valence-electron chi connectivity index (χ3n) is 4.72. The van der Waals surface area contributed by atoms with Gasteiger partial charge in [0.1, 0.15) is 0 Å². The number of rotatable bonds is 7. The first-order chi connectivity index (χ1) is 15.5. The summed E-state index contributed by atoms with van der Waals surface area (Å²) in [6.45, 7) is 0.437. The Morgan fingerprint density at radius 2 is 1.69 bits per heavy atom. The van der Waals surface area contributed by atoms with Crippen LogP contribution in [0.25, 0.3) is 10.9 Å². The van der Waals surface area contributed by atoms with Gasteiger partial charge in [0.05, 0.1) is 16.3 Å². The number of para-hydroxylation sites is 1. The van der Waals surface area contributed by atoms with Crippen LogP contribution in [-0.2, 0) is 11.3 Å². The van der Waals surface area contributed by atoms with Crippen LogP contribution in [0.15, 0.2) is 78.0 Å². The number of hydrogen-bond acceptors (Lipinski definition) is 3. The molecule has 162 valence electrons. The predicted molar refractivity (Wildman–Crippen MR) is 130 cm³/mol. The summed E-state index contributed by atoms with van der Waals surface area (Å²) < 4.78 is 7.57. The molecule has 32 heavy (non-hydrogen) atoms. The zero-order chi connectivity index (χ0) is 22.5. The second-order valence-corrected chi connectivity index (χ2v) is 8.25. The van der Waals surface area contributed by atoms with E-state index in [4.69, 9.17) is 39.5 Å². The van der Waals surface area contributed by atoms with Gasteiger partial charge >= 0.3 is 0 Å². The van der Waals surface area contributed by atoms with Gasteiger partial charge in [-0.15, -0.1) is 0 Å². The van der Waals surface area contributed by atoms with Crippen LogP contribution >= 0.6 is 34.8 Å². The highest BCUT2D eigenvalue weighted by atomic mass is 35.5. The van der Waals surface area contributed by atoms with Gasteiger partial charge in [0.15, 0.2) is 12.4 Å². The zero-order valence-corrected chi connectivity index (χ0v) is 19.0. The van der Waals surface area contributed by atoms with Crippen molar-refractivity contribution >= 4 is 57.8 Å². The smallest absolute Gasteiger partial charge is 0.277 e. The average Bonchev–Trinajstić information content (AvgIpc) is 3.11. The van der Waals surface area contributed by atoms with Gasteiger partial charge in [0.25, 0.3) is 5.91 Å². The number of benzene rings is 3. The lowest BCUT2D eigenvalue weighted by molar-refractivity contribution is -0.123. The third kappa shape index (κ3) is 5.25. The van der Waals surface area contributed by atoms with E-state index >= 15 is 0 Å². The molecular formula is C24H18Cl3N3O2. The van der Waals surface area contributed by atoms with Crippen molar-refractivity contribution in [2.24, 2.45) is 5.10 Å². The van der Waals surface area contributed by atoms with Gasteiger partial charge in [-0.1, -0.05) is 83.3 Å². The minimum atomic E-state index is -0.448. The maximum atomic E-state index is 12.1. The molecule has 1 N–H and O–H groups in total. The van der Waals surface area contributed by atoms with E-state index in [1.54, 1.807) is 6.21 Å². The van der Waals surface area contributed by atoms with Crippen molar-refractivity contribution in [3.05, 3.63) is 99.1 Å². The number of ether oxygens (including phenoxy) is 1. The highest BCUT2D eigenvalue weighted by molar-refractivity contribution is 6.40. The number of amides is 1. The minimum absolute atomic E-state index is 0.195. The summed E-state index contributed by atoms with van der Waals surface area (Å²) in [7, 11) is 0. The van der Waals surface area contributed by atoms with Crippen molar-refractivity contribution in [1.29, 1.82) is 0 Å². The molecule has 4 rings (SSSR count). The van der Waals surface area contributed by atoms with Crippen LogP contribution in [0.2, 0.25) is 15.1 Å². The van der Waals surface area contributed by atoms with E-state index in [-0.39, 0.29) is 22.4 Å². The maximum Gasteiger partial charge on any atom is 0.277 e. The van der Waals surface area contributed by atoms with E-state index < -0.39 is 5.91 Å². The Morgan fingerprint density at radius 1 is 1.00 bits per heavy atom. The molecule has 1 heterocycles. The molecule has 0 aliphatic heterocycles. The largest absolute Gasteiger partial charge is 0.481 e. The molecule has 4 aromatic rings. The van der Waals surface area contributed by atoms with E-state index in [9.17, 15) is 4.79 Å². The van der Waals surface area contributed by atoms with Crippen LogP contribution in [0.4, 0.5) is 0 Å². The lowest BCUT2D eigenvalue weighted by Crippen LogP contribution is -2.24. The molecule has 1 aromatic heterocycles. The Bertz CT molecular complexity index is 1260. The highest BCUT2D eigenvalue weighted by Gasteiger charge is 2.11. The van der Waals surface area contributed by atoms with E-state index in [0.717, 1.165) is 23.0 Å². The van der Waals surface area contributed by atoms with E-state index in [0.29, 0.717) is 5.02 Å². The quantitative estimate of drug-likeness (QED) is 0.250. The Morgan fingerprint density at radius 3 is 2.44 bits per heavy atom. The first kappa shape index (κ1) is 22.2. The average molecular weight is 487 g/mol. The molecule has 0 atom stereocenters. The normalized spacial score (nSPS) is 11.2. The highest BCUT2D eigenvalue weighted by Crippen LogP contribution is 2.35. The molecular weight excluding hydrogens is 469 g/mol. The summed E-state index contributed by atoms with van der Waals surface area (Å²) in [6.07, 6.45) is 3.63. The fraction of sp³-hybridized carbons (Fsp3) is 0.0833. The standard InChI is InChI=1S/C24H18Cl3N3O2/c25-18-10-20(26)24(21(27)11-18)32-15-23(31)29-28-12-17-14-30(13-16-6-2-1-3-7-16)22-9-5-4-8-19(17)22/h1-12,14H,13,15H2,(H,29,31). The van der Waals surface area contributed by atoms with Crippen LogP contribution in [0.3, 0.4) is 0 Å². The second-order valence-electron chi connectivity index (χ2n) is 7.00. The predicted octanol–water partition coefficient (Wildman–Crippen LogP) is 6.18. The maximum absolute atomic E-state index is 12.1. The van der Waals surface area contributed by atoms with Crippen molar-refractivity contribution in [2.45, 2.75) is 6.54 Å². The fourth-order valence-electron chi connectivity index (χ4n) is 3.30. The molecule has 3 aromatic carbocycles. The molecule has 0 fully saturated rings. The Balaban J connectivity index is 1.43. The molecule has 5 nitrogen and oxygen atoms in total. The molecule has 0 spiro atoms. The Hall–Kier alpha value is -2.99. The summed E-state index contributed by atoms with van der Waals surface area (Å²) in [6, 6.07) is 21.2. The molecule has 0 saturated carbocycles. The number of hydrazone groups is 1. The molecule has 0 aliphatic rings. The van der Waals surface area contributed by atoms with Gasteiger partial charge in [0, 0.05) is 34.2 Å². The van der Waals surface area contributed by atoms with Crippen LogP contribution in [0.1, 0.15) is 11.1 Å². The van der Waals surface area contributed by atoms with Gasteiger partial charge in [-0.3, -0.25) is 4.79 Å². The Kier molecular flexibility index (Phi) is 7.00. The third-order valence-corrected chi connectivity index (χ3v) is 5.50. The molecule has 0 aliphatic carbocycles. The first-order valence-electron chi connectivity index (χ1n) is 9.72. The molecule has 0 bridgehead atoms. The van der Waals surface area contributed by atoms with Gasteiger partial charge < -0.3 is 9.30 Å². The second kappa shape index (κ2) is 10.1. The van der Waals surface area contributed by atoms with Gasteiger partial charge in [-0.25, -0.2) is 5.43 Å². The minimum Gasteiger partial charge on any atom is -0.481 e. The fourth-order valence-corrected chi connectivity index (χ4v) is 4.23. The monoisotopic (exact) mass is 485 g/mol. The number of nitrogens with one attached hydrogen (secondary N) is 1. The first-order valence-corrected chi connectivity index (χ1v) is 10.9. The topological polar surface area (TPSA) is 55.6 Å². The van der Waals surface area contributed by atoms with Crippen LogP contribution in [0.5, 0.6) is 5.75 Å². The number of fused-ring (bicyclic) bond motifs is 1. The summed E-state index contributed by atoms with van der Waals surface area (Å²) in [4.78, 5) is 12.1. The lowest BCUT2D eigenvalue weighted by Gasteiger charge is -2.09. The summed E-state index contributed by atoms with van der Waals surface area (Å²) >= 11 is 18.0. The van der Waals surface area contributed by atoms with Crippen LogP contribution in [0, 0.1) is 0 Å². The van der Waals surface area contributed by atoms with Crippen molar-refractivity contribution in [3.8, 4) is 5.75 Å². The van der Waals surface area contributed by atoms with E-state index in [1.807, 2.05) is 42.6 Å². The summed E-state index contributed by atoms with van der Waals surface area (Å²) in [5, 5.41) is 5.95. The van der Waals surface area contributed by atoms with Crippen LogP contribution < -0.4 is 10.2 Å². The molecule has 8 heteroatoms.